The molecule has 0 spiro atoms. The molecule has 0 saturated carbocycles. The van der Waals surface area contributed by atoms with Crippen molar-refractivity contribution < 1.29 is 0 Å². The van der Waals surface area contributed by atoms with Crippen molar-refractivity contribution in [2.45, 2.75) is 13.8 Å². The van der Waals surface area contributed by atoms with Gasteiger partial charge in [0.1, 0.15) is 0 Å². The average molecular weight is 165 g/mol. The molecular formula is C11H19N. The third-order valence-electron chi connectivity index (χ3n) is 1.52. The zero-order valence-corrected chi connectivity index (χ0v) is 8.59. The summed E-state index contributed by atoms with van der Waals surface area (Å²) >= 11 is 0. The second-order valence-electron chi connectivity index (χ2n) is 3.37. The van der Waals surface area contributed by atoms with Gasteiger partial charge in [-0.2, -0.15) is 0 Å². The lowest BCUT2D eigenvalue weighted by atomic mass is 10.2. The summed E-state index contributed by atoms with van der Waals surface area (Å²) < 4.78 is 0. The molecule has 68 valence electrons. The third-order valence-corrected chi connectivity index (χ3v) is 1.52. The fraction of sp³-hybridized carbons (Fsp3) is 0.455. The predicted octanol–water partition coefficient (Wildman–Crippen LogP) is 2.63. The van der Waals surface area contributed by atoms with Crippen LogP contribution in [0, 0.1) is 0 Å². The largest absolute Gasteiger partial charge is 0.305 e. The molecule has 0 N–H and O–H groups in total. The van der Waals surface area contributed by atoms with Crippen molar-refractivity contribution in [1.82, 2.24) is 4.90 Å². The lowest BCUT2D eigenvalue weighted by molar-refractivity contribution is 0.445. The second-order valence-corrected chi connectivity index (χ2v) is 3.37. The highest BCUT2D eigenvalue weighted by atomic mass is 15.0. The lowest BCUT2D eigenvalue weighted by Gasteiger charge is -2.08. The molecule has 0 aromatic carbocycles. The van der Waals surface area contributed by atoms with E-state index in [0.717, 1.165) is 6.54 Å². The van der Waals surface area contributed by atoms with Crippen LogP contribution < -0.4 is 0 Å². The summed E-state index contributed by atoms with van der Waals surface area (Å²) in [6.45, 7) is 8.89. The maximum Gasteiger partial charge on any atom is 0.0187 e. The molecule has 0 saturated heterocycles. The Kier molecular flexibility index (Phi) is 5.39. The molecule has 0 amide bonds. The number of hydrogen-bond acceptors (Lipinski definition) is 1. The van der Waals surface area contributed by atoms with Crippen LogP contribution in [0.15, 0.2) is 36.0 Å². The first-order valence-corrected chi connectivity index (χ1v) is 4.17. The van der Waals surface area contributed by atoms with Gasteiger partial charge in [-0.25, -0.2) is 0 Å². The molecule has 0 radical (unpaired) electrons. The van der Waals surface area contributed by atoms with Gasteiger partial charge in [0, 0.05) is 6.54 Å². The van der Waals surface area contributed by atoms with Crippen LogP contribution in [-0.2, 0) is 0 Å². The number of nitrogens with zero attached hydrogens (tertiary/aromatic N) is 1. The minimum atomic E-state index is 1.01. The molecule has 0 aromatic heterocycles. The van der Waals surface area contributed by atoms with Gasteiger partial charge >= 0.3 is 0 Å². The molecule has 0 rings (SSSR count). The van der Waals surface area contributed by atoms with Gasteiger partial charge in [-0.05, 0) is 27.9 Å². The van der Waals surface area contributed by atoms with Crippen LogP contribution in [0.3, 0.4) is 0 Å². The molecule has 0 heterocycles. The van der Waals surface area contributed by atoms with Gasteiger partial charge in [0.15, 0.2) is 0 Å². The first-order chi connectivity index (χ1) is 5.56. The minimum absolute atomic E-state index is 1.01. The van der Waals surface area contributed by atoms with E-state index in [-0.39, 0.29) is 0 Å². The minimum Gasteiger partial charge on any atom is -0.305 e. The molecule has 1 nitrogen and oxygen atoms in total. The number of likely N-dealkylation sites (N-methyl/N-ethyl adjacent to an activating group) is 1. The fourth-order valence-electron chi connectivity index (χ4n) is 0.893. The summed E-state index contributed by atoms with van der Waals surface area (Å²) in [7, 11) is 4.14. The maximum atomic E-state index is 3.69. The summed E-state index contributed by atoms with van der Waals surface area (Å²) in [5.74, 6) is 0. The SMILES string of the molecule is C=C/C(C)=C\C=C(/C)CN(C)C. The highest BCUT2D eigenvalue weighted by molar-refractivity contribution is 5.22. The number of hydrogen-bond donors (Lipinski definition) is 0. The molecule has 0 aliphatic carbocycles. The molecular weight excluding hydrogens is 146 g/mol. The van der Waals surface area contributed by atoms with Crippen LogP contribution in [0.4, 0.5) is 0 Å². The monoisotopic (exact) mass is 165 g/mol. The van der Waals surface area contributed by atoms with Crippen molar-refractivity contribution in [3.8, 4) is 0 Å². The smallest absolute Gasteiger partial charge is 0.0187 e. The molecule has 0 fully saturated rings. The Hall–Kier alpha value is -0.820. The zero-order chi connectivity index (χ0) is 9.56. The summed E-state index contributed by atoms with van der Waals surface area (Å²) in [5.41, 5.74) is 2.56. The molecule has 12 heavy (non-hydrogen) atoms. The van der Waals surface area contributed by atoms with E-state index >= 15 is 0 Å². The number of allylic oxidation sites excluding steroid dienone is 4. The summed E-state index contributed by atoms with van der Waals surface area (Å²) in [6.07, 6.45) is 6.09. The summed E-state index contributed by atoms with van der Waals surface area (Å²) in [5, 5.41) is 0. The van der Waals surface area contributed by atoms with Crippen LogP contribution in [0.1, 0.15) is 13.8 Å². The molecule has 1 heteroatoms. The van der Waals surface area contributed by atoms with Crippen LogP contribution in [0.2, 0.25) is 0 Å². The lowest BCUT2D eigenvalue weighted by Crippen LogP contribution is -2.13. The molecule has 0 aromatic rings. The Balaban J connectivity index is 4.08. The first-order valence-electron chi connectivity index (χ1n) is 4.17. The normalized spacial score (nSPS) is 13.8. The van der Waals surface area contributed by atoms with Crippen LogP contribution in [0.25, 0.3) is 0 Å². The van der Waals surface area contributed by atoms with Crippen LogP contribution in [-0.4, -0.2) is 25.5 Å². The van der Waals surface area contributed by atoms with Gasteiger partial charge in [0.25, 0.3) is 0 Å². The van der Waals surface area contributed by atoms with E-state index < -0.39 is 0 Å². The maximum absolute atomic E-state index is 3.69. The van der Waals surface area contributed by atoms with E-state index in [2.05, 4.69) is 44.6 Å². The van der Waals surface area contributed by atoms with Crippen molar-refractivity contribution in [3.63, 3.8) is 0 Å². The molecule has 0 aliphatic heterocycles. The first kappa shape index (κ1) is 11.2. The Morgan fingerprint density at radius 2 is 1.83 bits per heavy atom. The van der Waals surface area contributed by atoms with Gasteiger partial charge in [-0.1, -0.05) is 36.0 Å². The zero-order valence-electron chi connectivity index (χ0n) is 8.59. The Morgan fingerprint density at radius 1 is 1.25 bits per heavy atom. The summed E-state index contributed by atoms with van der Waals surface area (Å²) in [6, 6.07) is 0. The Morgan fingerprint density at radius 3 is 2.25 bits per heavy atom. The second kappa shape index (κ2) is 5.78. The molecule has 0 atom stereocenters. The van der Waals surface area contributed by atoms with Crippen molar-refractivity contribution in [3.05, 3.63) is 36.0 Å². The quantitative estimate of drug-likeness (QED) is 0.579. The van der Waals surface area contributed by atoms with Gasteiger partial charge < -0.3 is 4.90 Å². The highest BCUT2D eigenvalue weighted by Crippen LogP contribution is 1.98. The Bertz CT molecular complexity index is 197. The van der Waals surface area contributed by atoms with Crippen LogP contribution in [0.5, 0.6) is 0 Å². The number of rotatable bonds is 4. The van der Waals surface area contributed by atoms with E-state index in [1.54, 1.807) is 0 Å². The van der Waals surface area contributed by atoms with E-state index in [4.69, 9.17) is 0 Å². The average Bonchev–Trinajstić information content (AvgIpc) is 1.99. The standard InChI is InChI=1S/C11H19N/c1-6-10(2)7-8-11(3)9-12(4)5/h6-8H,1,9H2,2-5H3/b10-7-,11-8+. The van der Waals surface area contributed by atoms with Crippen LogP contribution >= 0.6 is 0 Å². The van der Waals surface area contributed by atoms with Gasteiger partial charge in [0.05, 0.1) is 0 Å². The summed E-state index contributed by atoms with van der Waals surface area (Å²) in [4.78, 5) is 2.16. The molecule has 0 aliphatic rings. The van der Waals surface area contributed by atoms with E-state index in [1.165, 1.54) is 11.1 Å². The van der Waals surface area contributed by atoms with Crippen molar-refractivity contribution in [2.75, 3.05) is 20.6 Å². The van der Waals surface area contributed by atoms with Gasteiger partial charge in [0.2, 0.25) is 0 Å². The highest BCUT2D eigenvalue weighted by Gasteiger charge is 1.89. The third kappa shape index (κ3) is 5.93. The van der Waals surface area contributed by atoms with Crippen molar-refractivity contribution in [1.29, 1.82) is 0 Å². The molecule has 0 unspecified atom stereocenters. The van der Waals surface area contributed by atoms with E-state index in [0.29, 0.717) is 0 Å². The topological polar surface area (TPSA) is 3.24 Å². The fourth-order valence-corrected chi connectivity index (χ4v) is 0.893. The van der Waals surface area contributed by atoms with E-state index in [9.17, 15) is 0 Å². The van der Waals surface area contributed by atoms with Crippen molar-refractivity contribution >= 4 is 0 Å². The van der Waals surface area contributed by atoms with E-state index in [1.807, 2.05) is 13.0 Å². The van der Waals surface area contributed by atoms with Gasteiger partial charge in [-0.3, -0.25) is 0 Å². The Labute approximate surface area is 76.1 Å². The van der Waals surface area contributed by atoms with Gasteiger partial charge in [-0.15, -0.1) is 0 Å². The molecule has 0 bridgehead atoms. The van der Waals surface area contributed by atoms with Crippen molar-refractivity contribution in [2.24, 2.45) is 0 Å². The predicted molar refractivity (Wildman–Crippen MR) is 56.3 cm³/mol.